The quantitative estimate of drug-likeness (QED) is 0.503. The first-order valence-corrected chi connectivity index (χ1v) is 12.2. The van der Waals surface area contributed by atoms with Gasteiger partial charge in [0.1, 0.15) is 5.75 Å². The number of sulfonamides is 1. The van der Waals surface area contributed by atoms with E-state index in [1.54, 1.807) is 42.5 Å². The Morgan fingerprint density at radius 1 is 1.00 bits per heavy atom. The van der Waals surface area contributed by atoms with Gasteiger partial charge in [0, 0.05) is 11.6 Å². The first-order chi connectivity index (χ1) is 15.2. The third-order valence-corrected chi connectivity index (χ3v) is 6.29. The van der Waals surface area contributed by atoms with E-state index in [2.05, 4.69) is 5.32 Å². The van der Waals surface area contributed by atoms with Crippen molar-refractivity contribution in [2.45, 2.75) is 20.0 Å². The number of amides is 1. The lowest BCUT2D eigenvalue weighted by Crippen LogP contribution is -2.29. The summed E-state index contributed by atoms with van der Waals surface area (Å²) in [5.41, 5.74) is 3.34. The van der Waals surface area contributed by atoms with Gasteiger partial charge >= 0.3 is 0 Å². The van der Waals surface area contributed by atoms with Gasteiger partial charge in [0.05, 0.1) is 18.5 Å². The minimum Gasteiger partial charge on any atom is -0.484 e. The van der Waals surface area contributed by atoms with Crippen LogP contribution in [0.25, 0.3) is 0 Å². The van der Waals surface area contributed by atoms with Crippen molar-refractivity contribution in [2.75, 3.05) is 17.2 Å². The number of benzene rings is 3. The van der Waals surface area contributed by atoms with Gasteiger partial charge in [-0.2, -0.15) is 0 Å². The molecule has 0 unspecified atom stereocenters. The molecule has 0 saturated carbocycles. The van der Waals surface area contributed by atoms with Crippen molar-refractivity contribution in [3.8, 4) is 5.75 Å². The van der Waals surface area contributed by atoms with Gasteiger partial charge in [-0.1, -0.05) is 59.6 Å². The molecular formula is C24H25ClN2O4S. The number of hydrogen-bond donors (Lipinski definition) is 1. The summed E-state index contributed by atoms with van der Waals surface area (Å²) in [6, 6.07) is 21.6. The van der Waals surface area contributed by atoms with Crippen LogP contribution >= 0.6 is 11.6 Å². The van der Waals surface area contributed by atoms with E-state index in [0.29, 0.717) is 28.6 Å². The first kappa shape index (κ1) is 23.6. The Bertz CT molecular complexity index is 1160. The van der Waals surface area contributed by atoms with E-state index >= 15 is 0 Å². The zero-order chi connectivity index (χ0) is 23.1. The van der Waals surface area contributed by atoms with Crippen molar-refractivity contribution in [1.29, 1.82) is 0 Å². The molecule has 0 aliphatic heterocycles. The average molecular weight is 473 g/mol. The molecule has 0 radical (unpaired) electrons. The molecule has 1 N–H and O–H groups in total. The summed E-state index contributed by atoms with van der Waals surface area (Å²) in [6.07, 6.45) is 1.15. The number of nitrogens with zero attached hydrogens (tertiary/aromatic N) is 1. The summed E-state index contributed by atoms with van der Waals surface area (Å²) in [7, 11) is -3.54. The molecular weight excluding hydrogens is 448 g/mol. The molecule has 0 atom stereocenters. The van der Waals surface area contributed by atoms with Crippen LogP contribution in [0, 0.1) is 6.92 Å². The van der Waals surface area contributed by atoms with E-state index < -0.39 is 10.0 Å². The largest absolute Gasteiger partial charge is 0.484 e. The van der Waals surface area contributed by atoms with Crippen LogP contribution in [-0.4, -0.2) is 27.2 Å². The second kappa shape index (κ2) is 10.5. The average Bonchev–Trinajstić information content (AvgIpc) is 2.76. The van der Waals surface area contributed by atoms with Gasteiger partial charge in [-0.3, -0.25) is 9.10 Å². The van der Waals surface area contributed by atoms with Gasteiger partial charge in [-0.05, 0) is 48.4 Å². The molecule has 0 aromatic heterocycles. The second-order valence-electron chi connectivity index (χ2n) is 7.41. The minimum absolute atomic E-state index is 0.111. The third-order valence-electron chi connectivity index (χ3n) is 4.78. The zero-order valence-corrected chi connectivity index (χ0v) is 19.5. The molecule has 1 amide bonds. The molecule has 0 aliphatic carbocycles. The van der Waals surface area contributed by atoms with Gasteiger partial charge in [-0.15, -0.1) is 0 Å². The Morgan fingerprint density at radius 2 is 1.66 bits per heavy atom. The fourth-order valence-corrected chi connectivity index (χ4v) is 4.07. The summed E-state index contributed by atoms with van der Waals surface area (Å²) in [6.45, 7) is 2.40. The number of aryl methyl sites for hydroxylation is 1. The molecule has 0 fully saturated rings. The monoisotopic (exact) mass is 472 g/mol. The number of halogens is 1. The SMILES string of the molecule is Cc1ccc(CNC(=O)COc2ccc(N(Cc3ccccc3Cl)S(C)(=O)=O)cc2)cc1. The summed E-state index contributed by atoms with van der Waals surface area (Å²) in [5.74, 6) is 0.219. The zero-order valence-electron chi connectivity index (χ0n) is 17.9. The highest BCUT2D eigenvalue weighted by Crippen LogP contribution is 2.26. The second-order valence-corrected chi connectivity index (χ2v) is 9.72. The van der Waals surface area contributed by atoms with E-state index in [9.17, 15) is 13.2 Å². The third kappa shape index (κ3) is 6.73. The molecule has 0 aliphatic rings. The van der Waals surface area contributed by atoms with Crippen molar-refractivity contribution in [3.63, 3.8) is 0 Å². The fraction of sp³-hybridized carbons (Fsp3) is 0.208. The predicted octanol–water partition coefficient (Wildman–Crippen LogP) is 4.31. The standard InChI is InChI=1S/C24H25ClN2O4S/c1-18-7-9-19(10-8-18)15-26-24(28)17-31-22-13-11-21(12-14-22)27(32(2,29)30)16-20-5-3-4-6-23(20)25/h3-14H,15-17H2,1-2H3,(H,26,28). The van der Waals surface area contributed by atoms with Crippen molar-refractivity contribution in [3.05, 3.63) is 94.5 Å². The van der Waals surface area contributed by atoms with Crippen molar-refractivity contribution < 1.29 is 17.9 Å². The summed E-state index contributed by atoms with van der Waals surface area (Å²) >= 11 is 6.19. The maximum Gasteiger partial charge on any atom is 0.258 e. The van der Waals surface area contributed by atoms with Gasteiger partial charge in [0.25, 0.3) is 5.91 Å². The van der Waals surface area contributed by atoms with Crippen LogP contribution in [0.4, 0.5) is 5.69 Å². The van der Waals surface area contributed by atoms with Crippen molar-refractivity contribution >= 4 is 33.2 Å². The summed E-state index contributed by atoms with van der Waals surface area (Å²) in [5, 5.41) is 3.30. The van der Waals surface area contributed by atoms with Crippen molar-refractivity contribution in [2.24, 2.45) is 0 Å². The molecule has 3 aromatic rings. The van der Waals surface area contributed by atoms with E-state index in [0.717, 1.165) is 17.4 Å². The minimum atomic E-state index is -3.54. The first-order valence-electron chi connectivity index (χ1n) is 9.98. The van der Waals surface area contributed by atoms with E-state index in [1.807, 2.05) is 37.3 Å². The molecule has 3 aromatic carbocycles. The highest BCUT2D eigenvalue weighted by Gasteiger charge is 2.19. The maximum absolute atomic E-state index is 12.4. The number of ether oxygens (including phenoxy) is 1. The Morgan fingerprint density at radius 3 is 2.28 bits per heavy atom. The number of anilines is 1. The number of nitrogens with one attached hydrogen (secondary N) is 1. The van der Waals surface area contributed by atoms with Crippen LogP contribution in [0.5, 0.6) is 5.75 Å². The molecule has 32 heavy (non-hydrogen) atoms. The number of hydrogen-bond acceptors (Lipinski definition) is 4. The van der Waals surface area contributed by atoms with Gasteiger partial charge in [0.2, 0.25) is 10.0 Å². The molecule has 0 spiro atoms. The highest BCUT2D eigenvalue weighted by molar-refractivity contribution is 7.92. The maximum atomic E-state index is 12.4. The molecule has 0 heterocycles. The van der Waals surface area contributed by atoms with Gasteiger partial charge in [-0.25, -0.2) is 8.42 Å². The van der Waals surface area contributed by atoms with Crippen LogP contribution < -0.4 is 14.4 Å². The van der Waals surface area contributed by atoms with E-state index in [4.69, 9.17) is 16.3 Å². The van der Waals surface area contributed by atoms with Gasteiger partial charge in [0.15, 0.2) is 6.61 Å². The van der Waals surface area contributed by atoms with Crippen LogP contribution in [0.1, 0.15) is 16.7 Å². The topological polar surface area (TPSA) is 75.7 Å². The van der Waals surface area contributed by atoms with Gasteiger partial charge < -0.3 is 10.1 Å². The molecule has 6 nitrogen and oxygen atoms in total. The molecule has 168 valence electrons. The number of carbonyl (C=O) groups excluding carboxylic acids is 1. The summed E-state index contributed by atoms with van der Waals surface area (Å²) < 4.78 is 31.5. The molecule has 0 bridgehead atoms. The lowest BCUT2D eigenvalue weighted by Gasteiger charge is -2.23. The normalized spacial score (nSPS) is 11.1. The Hall–Kier alpha value is -3.03. The van der Waals surface area contributed by atoms with Crippen LogP contribution in [0.3, 0.4) is 0 Å². The molecule has 8 heteroatoms. The van der Waals surface area contributed by atoms with Crippen LogP contribution in [0.15, 0.2) is 72.8 Å². The van der Waals surface area contributed by atoms with Crippen LogP contribution in [-0.2, 0) is 27.9 Å². The lowest BCUT2D eigenvalue weighted by atomic mass is 10.1. The predicted molar refractivity (Wildman–Crippen MR) is 127 cm³/mol. The highest BCUT2D eigenvalue weighted by atomic mass is 35.5. The number of carbonyl (C=O) groups is 1. The fourth-order valence-electron chi connectivity index (χ4n) is 3.00. The van der Waals surface area contributed by atoms with Crippen LogP contribution in [0.2, 0.25) is 5.02 Å². The van der Waals surface area contributed by atoms with E-state index in [-0.39, 0.29) is 19.1 Å². The Kier molecular flexibility index (Phi) is 7.77. The molecule has 0 saturated heterocycles. The Labute approximate surface area is 193 Å². The smallest absolute Gasteiger partial charge is 0.258 e. The van der Waals surface area contributed by atoms with Crippen molar-refractivity contribution in [1.82, 2.24) is 5.32 Å². The summed E-state index contributed by atoms with van der Waals surface area (Å²) in [4.78, 5) is 12.1. The molecule has 3 rings (SSSR count). The number of rotatable bonds is 9. The van der Waals surface area contributed by atoms with E-state index in [1.165, 1.54) is 4.31 Å². The Balaban J connectivity index is 1.59. The lowest BCUT2D eigenvalue weighted by molar-refractivity contribution is -0.123.